The normalized spacial score (nSPS) is 10.3. The first-order valence-corrected chi connectivity index (χ1v) is 6.85. The summed E-state index contributed by atoms with van der Waals surface area (Å²) >= 11 is 0. The third-order valence-electron chi connectivity index (χ3n) is 3.21. The largest absolute Gasteiger partial charge is 0.322 e. The summed E-state index contributed by atoms with van der Waals surface area (Å²) in [6.45, 7) is 0. The number of amides is 1. The van der Waals surface area contributed by atoms with Crippen molar-refractivity contribution in [1.82, 2.24) is 10.2 Å². The molecule has 23 heavy (non-hydrogen) atoms. The Kier molecular flexibility index (Phi) is 3.97. The lowest BCUT2D eigenvalue weighted by Crippen LogP contribution is -2.13. The summed E-state index contributed by atoms with van der Waals surface area (Å²) in [5, 5.41) is 8.92. The van der Waals surface area contributed by atoms with E-state index in [-0.39, 0.29) is 11.1 Å². The van der Waals surface area contributed by atoms with Crippen LogP contribution in [0.25, 0.3) is 11.3 Å². The zero-order chi connectivity index (χ0) is 16.2. The molecule has 3 rings (SSSR count). The van der Waals surface area contributed by atoms with Crippen molar-refractivity contribution in [2.45, 2.75) is 0 Å². The van der Waals surface area contributed by atoms with Gasteiger partial charge in [0.25, 0.3) is 11.5 Å². The molecule has 0 saturated heterocycles. The first kappa shape index (κ1) is 14.6. The van der Waals surface area contributed by atoms with Gasteiger partial charge in [0, 0.05) is 17.3 Å². The van der Waals surface area contributed by atoms with Crippen LogP contribution in [0.2, 0.25) is 0 Å². The van der Waals surface area contributed by atoms with E-state index in [4.69, 9.17) is 0 Å². The molecule has 1 heterocycles. The fraction of sp³-hybridized carbons (Fsp3) is 0. The van der Waals surface area contributed by atoms with Gasteiger partial charge in [-0.25, -0.2) is 9.49 Å². The summed E-state index contributed by atoms with van der Waals surface area (Å²) in [7, 11) is 0. The maximum atomic E-state index is 13.6. The average molecular weight is 309 g/mol. The number of hydrogen-bond donors (Lipinski definition) is 2. The van der Waals surface area contributed by atoms with E-state index in [0.717, 1.165) is 0 Å². The van der Waals surface area contributed by atoms with Crippen molar-refractivity contribution in [2.24, 2.45) is 0 Å². The Bertz CT molecular complexity index is 901. The number of H-pyrrole nitrogens is 1. The van der Waals surface area contributed by atoms with Gasteiger partial charge < -0.3 is 5.32 Å². The first-order valence-electron chi connectivity index (χ1n) is 6.85. The zero-order valence-electron chi connectivity index (χ0n) is 11.9. The zero-order valence-corrected chi connectivity index (χ0v) is 11.9. The molecule has 1 amide bonds. The highest BCUT2D eigenvalue weighted by Crippen LogP contribution is 2.20. The molecule has 0 spiro atoms. The maximum Gasteiger partial charge on any atom is 0.264 e. The van der Waals surface area contributed by atoms with Crippen molar-refractivity contribution in [3.05, 3.63) is 82.4 Å². The number of benzene rings is 2. The minimum atomic E-state index is -0.580. The van der Waals surface area contributed by atoms with E-state index < -0.39 is 11.7 Å². The fourth-order valence-electron chi connectivity index (χ4n) is 2.11. The van der Waals surface area contributed by atoms with Crippen molar-refractivity contribution < 1.29 is 9.18 Å². The number of halogens is 1. The van der Waals surface area contributed by atoms with Crippen molar-refractivity contribution in [1.29, 1.82) is 0 Å². The molecule has 1 aromatic heterocycles. The molecule has 0 aliphatic rings. The highest BCUT2D eigenvalue weighted by atomic mass is 19.1. The van der Waals surface area contributed by atoms with Crippen LogP contribution in [0, 0.1) is 5.82 Å². The van der Waals surface area contributed by atoms with Crippen LogP contribution in [0.3, 0.4) is 0 Å². The van der Waals surface area contributed by atoms with E-state index in [9.17, 15) is 14.0 Å². The van der Waals surface area contributed by atoms with Gasteiger partial charge in [-0.3, -0.25) is 9.59 Å². The number of aromatic amines is 1. The lowest BCUT2D eigenvalue weighted by atomic mass is 10.1. The van der Waals surface area contributed by atoms with Gasteiger partial charge in [-0.15, -0.1) is 0 Å². The summed E-state index contributed by atoms with van der Waals surface area (Å²) in [6, 6.07) is 15.6. The predicted octanol–water partition coefficient (Wildman–Crippen LogP) is 2.83. The third-order valence-corrected chi connectivity index (χ3v) is 3.21. The second-order valence-electron chi connectivity index (χ2n) is 4.82. The van der Waals surface area contributed by atoms with Crippen LogP contribution in [0.5, 0.6) is 0 Å². The molecule has 0 unspecified atom stereocenters. The average Bonchev–Trinajstić information content (AvgIpc) is 2.56. The van der Waals surface area contributed by atoms with E-state index in [0.29, 0.717) is 16.9 Å². The van der Waals surface area contributed by atoms with Crippen molar-refractivity contribution in [2.75, 3.05) is 5.32 Å². The molecule has 0 fully saturated rings. The molecular formula is C17H12FN3O2. The van der Waals surface area contributed by atoms with Crippen LogP contribution >= 0.6 is 0 Å². The lowest BCUT2D eigenvalue weighted by molar-refractivity contribution is 0.102. The lowest BCUT2D eigenvalue weighted by Gasteiger charge is -2.07. The highest BCUT2D eigenvalue weighted by molar-refractivity contribution is 6.04. The summed E-state index contributed by atoms with van der Waals surface area (Å²) in [5.74, 6) is -1.11. The van der Waals surface area contributed by atoms with Crippen LogP contribution in [-0.2, 0) is 0 Å². The number of carbonyl (C=O) groups excluding carboxylic acids is 1. The van der Waals surface area contributed by atoms with Crippen LogP contribution in [0.1, 0.15) is 10.4 Å². The summed E-state index contributed by atoms with van der Waals surface area (Å²) in [6.07, 6.45) is 0. The van der Waals surface area contributed by atoms with Crippen molar-refractivity contribution >= 4 is 11.6 Å². The topological polar surface area (TPSA) is 74.8 Å². The second kappa shape index (κ2) is 6.23. The fourth-order valence-corrected chi connectivity index (χ4v) is 2.11. The van der Waals surface area contributed by atoms with Gasteiger partial charge in [-0.1, -0.05) is 24.3 Å². The van der Waals surface area contributed by atoms with E-state index >= 15 is 0 Å². The minimum absolute atomic E-state index is 0.0277. The van der Waals surface area contributed by atoms with E-state index in [1.807, 2.05) is 0 Å². The van der Waals surface area contributed by atoms with Crippen molar-refractivity contribution in [3.63, 3.8) is 0 Å². The summed E-state index contributed by atoms with van der Waals surface area (Å²) < 4.78 is 13.6. The standard InChI is InChI=1S/C17H12FN3O2/c18-14-7-2-1-6-13(14)17(23)19-12-5-3-4-11(10-12)15-8-9-16(22)21-20-15/h1-10H,(H,19,23)(H,21,22). The van der Waals surface area contributed by atoms with E-state index in [1.54, 1.807) is 36.4 Å². The molecule has 6 heteroatoms. The minimum Gasteiger partial charge on any atom is -0.322 e. The Morgan fingerprint density at radius 3 is 2.61 bits per heavy atom. The number of carbonyl (C=O) groups is 1. The molecule has 0 bridgehead atoms. The van der Waals surface area contributed by atoms with Crippen molar-refractivity contribution in [3.8, 4) is 11.3 Å². The Balaban J connectivity index is 1.86. The first-order chi connectivity index (χ1) is 11.1. The van der Waals surface area contributed by atoms with Gasteiger partial charge in [0.05, 0.1) is 11.3 Å². The molecule has 3 aromatic rings. The summed E-state index contributed by atoms with van der Waals surface area (Å²) in [5.41, 5.74) is 1.46. The molecule has 0 saturated carbocycles. The molecule has 0 atom stereocenters. The van der Waals surface area contributed by atoms with Gasteiger partial charge in [0.1, 0.15) is 5.82 Å². The van der Waals surface area contributed by atoms with Gasteiger partial charge in [-0.2, -0.15) is 5.10 Å². The molecule has 114 valence electrons. The van der Waals surface area contributed by atoms with Crippen LogP contribution in [0.15, 0.2) is 65.5 Å². The molecule has 5 nitrogen and oxygen atoms in total. The SMILES string of the molecule is O=C(Nc1cccc(-c2ccc(=O)[nH]n2)c1)c1ccccc1F. The number of nitrogens with one attached hydrogen (secondary N) is 2. The van der Waals surface area contributed by atoms with Crippen LogP contribution in [-0.4, -0.2) is 16.1 Å². The van der Waals surface area contributed by atoms with Gasteiger partial charge >= 0.3 is 0 Å². The predicted molar refractivity (Wildman–Crippen MR) is 84.6 cm³/mol. The number of rotatable bonds is 3. The number of anilines is 1. The monoisotopic (exact) mass is 309 g/mol. The summed E-state index contributed by atoms with van der Waals surface area (Å²) in [4.78, 5) is 23.2. The molecule has 0 aliphatic carbocycles. The second-order valence-corrected chi connectivity index (χ2v) is 4.82. The van der Waals surface area contributed by atoms with E-state index in [2.05, 4.69) is 15.5 Å². The number of nitrogens with zero attached hydrogens (tertiary/aromatic N) is 1. The smallest absolute Gasteiger partial charge is 0.264 e. The van der Waals surface area contributed by atoms with Gasteiger partial charge in [0.15, 0.2) is 0 Å². The Hall–Kier alpha value is -3.28. The molecule has 0 radical (unpaired) electrons. The number of hydrogen-bond acceptors (Lipinski definition) is 3. The quantitative estimate of drug-likeness (QED) is 0.781. The van der Waals surface area contributed by atoms with Gasteiger partial charge in [-0.05, 0) is 30.3 Å². The Labute approximate surface area is 130 Å². The van der Waals surface area contributed by atoms with Gasteiger partial charge in [0.2, 0.25) is 0 Å². The molecule has 2 N–H and O–H groups in total. The molecular weight excluding hydrogens is 297 g/mol. The molecule has 0 aliphatic heterocycles. The van der Waals surface area contributed by atoms with E-state index in [1.165, 1.54) is 24.3 Å². The van der Waals surface area contributed by atoms with Crippen LogP contribution < -0.4 is 10.9 Å². The maximum absolute atomic E-state index is 13.6. The number of aromatic nitrogens is 2. The Morgan fingerprint density at radius 2 is 1.87 bits per heavy atom. The van der Waals surface area contributed by atoms with Crippen LogP contribution in [0.4, 0.5) is 10.1 Å². The third kappa shape index (κ3) is 3.32. The highest BCUT2D eigenvalue weighted by Gasteiger charge is 2.11. The Morgan fingerprint density at radius 1 is 1.04 bits per heavy atom. The molecule has 2 aromatic carbocycles.